The monoisotopic (exact) mass is 245 g/mol. The topological polar surface area (TPSA) is 52.7 Å². The maximum atomic E-state index is 12.1. The summed E-state index contributed by atoms with van der Waals surface area (Å²) in [6, 6.07) is 6.98. The third-order valence-electron chi connectivity index (χ3n) is 3.38. The van der Waals surface area contributed by atoms with Crippen molar-refractivity contribution in [3.63, 3.8) is 0 Å². The minimum absolute atomic E-state index is 0.192. The van der Waals surface area contributed by atoms with E-state index < -0.39 is 0 Å². The first-order valence-corrected chi connectivity index (χ1v) is 6.21. The van der Waals surface area contributed by atoms with Crippen LogP contribution in [0, 0.1) is 0 Å². The van der Waals surface area contributed by atoms with Crippen LogP contribution in [0.1, 0.15) is 33.6 Å². The van der Waals surface area contributed by atoms with Crippen LogP contribution in [0.15, 0.2) is 24.3 Å². The molecular formula is C13H15N3O2. The van der Waals surface area contributed by atoms with Gasteiger partial charge in [0.15, 0.2) is 0 Å². The van der Waals surface area contributed by atoms with E-state index in [0.717, 1.165) is 25.9 Å². The van der Waals surface area contributed by atoms with E-state index in [1.165, 1.54) is 4.90 Å². The van der Waals surface area contributed by atoms with Crippen molar-refractivity contribution in [3.05, 3.63) is 35.4 Å². The van der Waals surface area contributed by atoms with Gasteiger partial charge in [-0.05, 0) is 25.0 Å². The molecule has 2 amide bonds. The normalized spacial score (nSPS) is 20.3. The van der Waals surface area contributed by atoms with Crippen LogP contribution in [-0.4, -0.2) is 41.5 Å². The third kappa shape index (κ3) is 1.81. The molecule has 18 heavy (non-hydrogen) atoms. The summed E-state index contributed by atoms with van der Waals surface area (Å²) in [4.78, 5) is 25.6. The van der Waals surface area contributed by atoms with E-state index in [4.69, 9.17) is 0 Å². The zero-order chi connectivity index (χ0) is 12.5. The lowest BCUT2D eigenvalue weighted by atomic mass is 10.1. The van der Waals surface area contributed by atoms with Gasteiger partial charge in [-0.3, -0.25) is 19.9 Å². The second-order valence-electron chi connectivity index (χ2n) is 4.60. The predicted octanol–water partition coefficient (Wildman–Crippen LogP) is 0.841. The highest BCUT2D eigenvalue weighted by atomic mass is 16.2. The van der Waals surface area contributed by atoms with Crippen molar-refractivity contribution < 1.29 is 9.59 Å². The molecule has 1 saturated heterocycles. The number of hydrogen-bond donors (Lipinski definition) is 1. The van der Waals surface area contributed by atoms with Gasteiger partial charge in [0.05, 0.1) is 17.8 Å². The number of nitrogens with zero attached hydrogens (tertiary/aromatic N) is 2. The summed E-state index contributed by atoms with van der Waals surface area (Å²) < 4.78 is 0. The molecule has 0 atom stereocenters. The molecule has 3 rings (SSSR count). The van der Waals surface area contributed by atoms with Gasteiger partial charge >= 0.3 is 0 Å². The summed E-state index contributed by atoms with van der Waals surface area (Å²) in [6.07, 6.45) is 2.23. The minimum Gasteiger partial charge on any atom is -0.269 e. The predicted molar refractivity (Wildman–Crippen MR) is 65.8 cm³/mol. The molecule has 1 aromatic rings. The number of fused-ring (bicyclic) bond motifs is 1. The fourth-order valence-corrected chi connectivity index (χ4v) is 2.40. The zero-order valence-corrected chi connectivity index (χ0v) is 10.1. The van der Waals surface area contributed by atoms with Crippen LogP contribution < -0.4 is 5.43 Å². The second kappa shape index (κ2) is 4.51. The Balaban J connectivity index is 1.79. The maximum absolute atomic E-state index is 12.1. The van der Waals surface area contributed by atoms with Crippen molar-refractivity contribution in [2.24, 2.45) is 0 Å². The van der Waals surface area contributed by atoms with Crippen molar-refractivity contribution in [1.82, 2.24) is 15.3 Å². The minimum atomic E-state index is -0.192. The van der Waals surface area contributed by atoms with Crippen LogP contribution in [0.3, 0.4) is 0 Å². The van der Waals surface area contributed by atoms with Gasteiger partial charge in [-0.25, -0.2) is 5.01 Å². The first-order valence-electron chi connectivity index (χ1n) is 6.21. The molecule has 2 heterocycles. The lowest BCUT2D eigenvalue weighted by Crippen LogP contribution is -2.50. The Labute approximate surface area is 105 Å². The Morgan fingerprint density at radius 2 is 1.72 bits per heavy atom. The van der Waals surface area contributed by atoms with E-state index in [0.29, 0.717) is 17.8 Å². The zero-order valence-electron chi connectivity index (χ0n) is 10.1. The lowest BCUT2D eigenvalue weighted by Gasteiger charge is -2.30. The number of rotatable bonds is 2. The highest BCUT2D eigenvalue weighted by Gasteiger charge is 2.36. The first kappa shape index (κ1) is 11.4. The molecule has 0 spiro atoms. The Hall–Kier alpha value is -1.72. The molecule has 0 radical (unpaired) electrons. The number of hydrazine groups is 1. The van der Waals surface area contributed by atoms with Crippen molar-refractivity contribution in [2.75, 3.05) is 19.8 Å². The summed E-state index contributed by atoms with van der Waals surface area (Å²) in [5.74, 6) is -0.383. The van der Waals surface area contributed by atoms with Gasteiger partial charge in [0.1, 0.15) is 0 Å². The number of benzene rings is 1. The molecule has 2 aliphatic heterocycles. The Morgan fingerprint density at radius 3 is 2.28 bits per heavy atom. The van der Waals surface area contributed by atoms with Gasteiger partial charge in [-0.15, -0.1) is 0 Å². The van der Waals surface area contributed by atoms with E-state index in [9.17, 15) is 9.59 Å². The number of amides is 2. The number of nitrogens with one attached hydrogen (secondary N) is 1. The van der Waals surface area contributed by atoms with Crippen LogP contribution >= 0.6 is 0 Å². The highest BCUT2D eigenvalue weighted by molar-refractivity contribution is 6.21. The second-order valence-corrected chi connectivity index (χ2v) is 4.60. The van der Waals surface area contributed by atoms with E-state index in [1.807, 2.05) is 5.01 Å². The van der Waals surface area contributed by atoms with E-state index in [2.05, 4.69) is 5.43 Å². The largest absolute Gasteiger partial charge is 0.269 e. The Morgan fingerprint density at radius 1 is 1.06 bits per heavy atom. The standard InChI is InChI=1S/C13H15N3O2/c17-12-10-5-1-2-6-11(10)13(18)16(12)9-15-8-4-3-7-14-15/h1-2,5-6,14H,3-4,7-9H2. The molecule has 0 aromatic heterocycles. The van der Waals surface area contributed by atoms with E-state index >= 15 is 0 Å². The molecule has 94 valence electrons. The van der Waals surface area contributed by atoms with E-state index in [-0.39, 0.29) is 11.8 Å². The molecule has 2 aliphatic rings. The third-order valence-corrected chi connectivity index (χ3v) is 3.38. The average Bonchev–Trinajstić information content (AvgIpc) is 2.66. The molecule has 0 aliphatic carbocycles. The van der Waals surface area contributed by atoms with Gasteiger partial charge in [0.25, 0.3) is 11.8 Å². The van der Waals surface area contributed by atoms with Crippen LogP contribution in [0.25, 0.3) is 0 Å². The fourth-order valence-electron chi connectivity index (χ4n) is 2.40. The summed E-state index contributed by atoms with van der Waals surface area (Å²) in [7, 11) is 0. The molecule has 1 N–H and O–H groups in total. The first-order chi connectivity index (χ1) is 8.77. The average molecular weight is 245 g/mol. The number of carbonyl (C=O) groups is 2. The van der Waals surface area contributed by atoms with Crippen molar-refractivity contribution in [3.8, 4) is 0 Å². The SMILES string of the molecule is O=C1c2ccccc2C(=O)N1CN1CCCCN1. The Bertz CT molecular complexity index is 460. The molecule has 5 nitrogen and oxygen atoms in total. The number of imide groups is 1. The molecular weight excluding hydrogens is 230 g/mol. The van der Waals surface area contributed by atoms with Crippen molar-refractivity contribution in [1.29, 1.82) is 0 Å². The van der Waals surface area contributed by atoms with Crippen LogP contribution in [0.5, 0.6) is 0 Å². The maximum Gasteiger partial charge on any atom is 0.262 e. The van der Waals surface area contributed by atoms with Gasteiger partial charge in [-0.2, -0.15) is 0 Å². The van der Waals surface area contributed by atoms with Gasteiger partial charge in [-0.1, -0.05) is 12.1 Å². The summed E-state index contributed by atoms with van der Waals surface area (Å²) in [5, 5.41) is 1.94. The van der Waals surface area contributed by atoms with E-state index in [1.54, 1.807) is 24.3 Å². The van der Waals surface area contributed by atoms with Crippen LogP contribution in [0.4, 0.5) is 0 Å². The van der Waals surface area contributed by atoms with Crippen molar-refractivity contribution >= 4 is 11.8 Å². The summed E-state index contributed by atoms with van der Waals surface area (Å²) >= 11 is 0. The van der Waals surface area contributed by atoms with Crippen LogP contribution in [0.2, 0.25) is 0 Å². The Kier molecular flexibility index (Phi) is 2.85. The molecule has 0 bridgehead atoms. The molecule has 1 aromatic carbocycles. The molecule has 0 unspecified atom stereocenters. The quantitative estimate of drug-likeness (QED) is 0.784. The molecule has 0 saturated carbocycles. The van der Waals surface area contributed by atoms with Gasteiger partial charge in [0, 0.05) is 13.1 Å². The summed E-state index contributed by atoms with van der Waals surface area (Å²) in [6.45, 7) is 2.10. The van der Waals surface area contributed by atoms with Crippen LogP contribution in [-0.2, 0) is 0 Å². The fraction of sp³-hybridized carbons (Fsp3) is 0.385. The van der Waals surface area contributed by atoms with Gasteiger partial charge < -0.3 is 0 Å². The molecule has 1 fully saturated rings. The lowest BCUT2D eigenvalue weighted by molar-refractivity contribution is 0.0417. The number of carbonyl (C=O) groups excluding carboxylic acids is 2. The van der Waals surface area contributed by atoms with Gasteiger partial charge in [0.2, 0.25) is 0 Å². The smallest absolute Gasteiger partial charge is 0.262 e. The number of hydrogen-bond acceptors (Lipinski definition) is 4. The highest BCUT2D eigenvalue weighted by Crippen LogP contribution is 2.22. The van der Waals surface area contributed by atoms with Crippen molar-refractivity contribution in [2.45, 2.75) is 12.8 Å². The molecule has 5 heteroatoms. The summed E-state index contributed by atoms with van der Waals surface area (Å²) in [5.41, 5.74) is 4.23.